The largest absolute Gasteiger partial charge is 0.329 e. The average molecular weight is 360 g/mol. The molecule has 1 aromatic rings. The van der Waals surface area contributed by atoms with Gasteiger partial charge in [0, 0.05) is 28.6 Å². The van der Waals surface area contributed by atoms with Crippen molar-refractivity contribution >= 4 is 27.5 Å². The minimum Gasteiger partial charge on any atom is -0.329 e. The van der Waals surface area contributed by atoms with Gasteiger partial charge >= 0.3 is 0 Å². The standard InChI is InChI=1S/C16H24BrClN2/c1-16(2,3)11-6-7-20(10-11)15(9-19)13-5-4-12(17)8-14(13)18/h4-5,8,11,15H,6-7,9-10,19H2,1-3H3. The number of nitrogens with zero attached hydrogens (tertiary/aromatic N) is 1. The zero-order valence-electron chi connectivity index (χ0n) is 12.5. The number of rotatable bonds is 3. The minimum atomic E-state index is 0.225. The minimum absolute atomic E-state index is 0.225. The van der Waals surface area contributed by atoms with Gasteiger partial charge in [-0.3, -0.25) is 4.90 Å². The van der Waals surface area contributed by atoms with Gasteiger partial charge in [-0.2, -0.15) is 0 Å². The molecule has 0 aliphatic carbocycles. The summed E-state index contributed by atoms with van der Waals surface area (Å²) in [5.41, 5.74) is 7.54. The summed E-state index contributed by atoms with van der Waals surface area (Å²) < 4.78 is 1.01. The molecule has 2 N–H and O–H groups in total. The smallest absolute Gasteiger partial charge is 0.0485 e. The molecule has 2 nitrogen and oxygen atoms in total. The third-order valence-electron chi connectivity index (χ3n) is 4.43. The lowest BCUT2D eigenvalue weighted by atomic mass is 9.80. The fourth-order valence-corrected chi connectivity index (χ4v) is 3.82. The second-order valence-corrected chi connectivity index (χ2v) is 8.09. The van der Waals surface area contributed by atoms with Crippen LogP contribution in [0, 0.1) is 11.3 Å². The SMILES string of the molecule is CC(C)(C)C1CCN(C(CN)c2ccc(Br)cc2Cl)C1. The Hall–Kier alpha value is -0.0900. The molecule has 2 atom stereocenters. The van der Waals surface area contributed by atoms with Crippen LogP contribution in [0.4, 0.5) is 0 Å². The molecule has 0 saturated carbocycles. The summed E-state index contributed by atoms with van der Waals surface area (Å²) in [4.78, 5) is 2.49. The molecule has 1 aliphatic heterocycles. The first-order valence-corrected chi connectivity index (χ1v) is 8.39. The van der Waals surface area contributed by atoms with Gasteiger partial charge in [0.25, 0.3) is 0 Å². The summed E-state index contributed by atoms with van der Waals surface area (Å²) in [6.07, 6.45) is 1.24. The van der Waals surface area contributed by atoms with E-state index >= 15 is 0 Å². The topological polar surface area (TPSA) is 29.3 Å². The molecule has 0 aromatic heterocycles. The molecule has 2 rings (SSSR count). The van der Waals surface area contributed by atoms with Crippen molar-refractivity contribution in [1.82, 2.24) is 4.90 Å². The Bertz CT molecular complexity index is 470. The highest BCUT2D eigenvalue weighted by molar-refractivity contribution is 9.10. The van der Waals surface area contributed by atoms with Crippen molar-refractivity contribution in [2.24, 2.45) is 17.1 Å². The maximum absolute atomic E-state index is 6.40. The van der Waals surface area contributed by atoms with Crippen LogP contribution in [0.2, 0.25) is 5.02 Å². The van der Waals surface area contributed by atoms with Crippen LogP contribution in [0.25, 0.3) is 0 Å². The van der Waals surface area contributed by atoms with Gasteiger partial charge in [0.1, 0.15) is 0 Å². The van der Waals surface area contributed by atoms with Crippen molar-refractivity contribution in [3.63, 3.8) is 0 Å². The van der Waals surface area contributed by atoms with Crippen LogP contribution < -0.4 is 5.73 Å². The number of halogens is 2. The number of benzene rings is 1. The Labute approximate surface area is 135 Å². The maximum atomic E-state index is 6.40. The predicted octanol–water partition coefficient (Wildman–Crippen LogP) is 4.47. The van der Waals surface area contributed by atoms with Gasteiger partial charge < -0.3 is 5.73 Å². The van der Waals surface area contributed by atoms with Gasteiger partial charge in [-0.05, 0) is 42.0 Å². The molecule has 1 aromatic carbocycles. The van der Waals surface area contributed by atoms with Crippen molar-refractivity contribution < 1.29 is 0 Å². The van der Waals surface area contributed by atoms with Crippen LogP contribution in [0.15, 0.2) is 22.7 Å². The molecule has 1 fully saturated rings. The first kappa shape index (κ1) is 16.3. The Morgan fingerprint density at radius 3 is 2.65 bits per heavy atom. The van der Waals surface area contributed by atoms with E-state index in [-0.39, 0.29) is 6.04 Å². The maximum Gasteiger partial charge on any atom is 0.0485 e. The lowest BCUT2D eigenvalue weighted by Gasteiger charge is -2.31. The van der Waals surface area contributed by atoms with Crippen molar-refractivity contribution in [3.8, 4) is 0 Å². The Balaban J connectivity index is 2.17. The van der Waals surface area contributed by atoms with Gasteiger partial charge in [-0.15, -0.1) is 0 Å². The van der Waals surface area contributed by atoms with Gasteiger partial charge in [-0.1, -0.05) is 54.4 Å². The number of hydrogen-bond acceptors (Lipinski definition) is 2. The zero-order chi connectivity index (χ0) is 14.9. The van der Waals surface area contributed by atoms with Crippen LogP contribution >= 0.6 is 27.5 Å². The molecule has 4 heteroatoms. The first-order chi connectivity index (χ1) is 9.32. The van der Waals surface area contributed by atoms with Crippen molar-refractivity contribution in [2.75, 3.05) is 19.6 Å². The number of likely N-dealkylation sites (tertiary alicyclic amines) is 1. The van der Waals surface area contributed by atoms with E-state index in [1.54, 1.807) is 0 Å². The van der Waals surface area contributed by atoms with E-state index in [1.807, 2.05) is 12.1 Å². The molecule has 20 heavy (non-hydrogen) atoms. The Kier molecular flexibility index (Phi) is 5.17. The lowest BCUT2D eigenvalue weighted by molar-refractivity contribution is 0.197. The summed E-state index contributed by atoms with van der Waals surface area (Å²) >= 11 is 9.85. The molecular formula is C16H24BrClN2. The van der Waals surface area contributed by atoms with E-state index in [1.165, 1.54) is 6.42 Å². The summed E-state index contributed by atoms with van der Waals surface area (Å²) in [7, 11) is 0. The molecule has 1 aliphatic rings. The third kappa shape index (κ3) is 3.56. The highest BCUT2D eigenvalue weighted by Gasteiger charge is 2.35. The van der Waals surface area contributed by atoms with E-state index in [0.717, 1.165) is 34.1 Å². The molecule has 1 heterocycles. The molecule has 0 bridgehead atoms. The highest BCUT2D eigenvalue weighted by atomic mass is 79.9. The number of nitrogens with two attached hydrogens (primary N) is 1. The molecule has 0 radical (unpaired) electrons. The van der Waals surface area contributed by atoms with Gasteiger partial charge in [0.15, 0.2) is 0 Å². The Morgan fingerprint density at radius 2 is 2.15 bits per heavy atom. The molecule has 2 unspecified atom stereocenters. The van der Waals surface area contributed by atoms with E-state index in [0.29, 0.717) is 12.0 Å². The third-order valence-corrected chi connectivity index (χ3v) is 5.25. The van der Waals surface area contributed by atoms with Crippen LogP contribution in [-0.4, -0.2) is 24.5 Å². The molecule has 1 saturated heterocycles. The molecule has 0 spiro atoms. The monoisotopic (exact) mass is 358 g/mol. The van der Waals surface area contributed by atoms with E-state index in [2.05, 4.69) is 47.7 Å². The van der Waals surface area contributed by atoms with Crippen LogP contribution in [0.5, 0.6) is 0 Å². The molecular weight excluding hydrogens is 336 g/mol. The fourth-order valence-electron chi connectivity index (χ4n) is 3.02. The normalized spacial score (nSPS) is 22.2. The van der Waals surface area contributed by atoms with Gasteiger partial charge in [0.2, 0.25) is 0 Å². The summed E-state index contributed by atoms with van der Waals surface area (Å²) in [5.74, 6) is 0.728. The summed E-state index contributed by atoms with van der Waals surface area (Å²) in [6, 6.07) is 6.31. The molecule has 112 valence electrons. The quantitative estimate of drug-likeness (QED) is 0.862. The van der Waals surface area contributed by atoms with Gasteiger partial charge in [0.05, 0.1) is 0 Å². The zero-order valence-corrected chi connectivity index (χ0v) is 14.8. The highest BCUT2D eigenvalue weighted by Crippen LogP contribution is 2.38. The first-order valence-electron chi connectivity index (χ1n) is 7.22. The fraction of sp³-hybridized carbons (Fsp3) is 0.625. The summed E-state index contributed by atoms with van der Waals surface area (Å²) in [5, 5.41) is 0.800. The van der Waals surface area contributed by atoms with E-state index in [4.69, 9.17) is 17.3 Å². The van der Waals surface area contributed by atoms with E-state index in [9.17, 15) is 0 Å². The Morgan fingerprint density at radius 1 is 1.45 bits per heavy atom. The van der Waals surface area contributed by atoms with Crippen LogP contribution in [0.1, 0.15) is 38.8 Å². The molecule has 0 amide bonds. The second kappa shape index (κ2) is 6.35. The summed E-state index contributed by atoms with van der Waals surface area (Å²) in [6.45, 7) is 9.80. The predicted molar refractivity (Wildman–Crippen MR) is 90.1 cm³/mol. The van der Waals surface area contributed by atoms with Crippen molar-refractivity contribution in [3.05, 3.63) is 33.3 Å². The van der Waals surface area contributed by atoms with Crippen molar-refractivity contribution in [1.29, 1.82) is 0 Å². The van der Waals surface area contributed by atoms with Crippen LogP contribution in [-0.2, 0) is 0 Å². The average Bonchev–Trinajstić information content (AvgIpc) is 2.82. The van der Waals surface area contributed by atoms with Gasteiger partial charge in [-0.25, -0.2) is 0 Å². The number of hydrogen-bond donors (Lipinski definition) is 1. The van der Waals surface area contributed by atoms with Crippen molar-refractivity contribution in [2.45, 2.75) is 33.2 Å². The van der Waals surface area contributed by atoms with Crippen LogP contribution in [0.3, 0.4) is 0 Å². The lowest BCUT2D eigenvalue weighted by Crippen LogP contribution is -2.33. The van der Waals surface area contributed by atoms with E-state index < -0.39 is 0 Å². The second-order valence-electron chi connectivity index (χ2n) is 6.76.